The largest absolute Gasteiger partial charge is 0.493 e. The van der Waals surface area contributed by atoms with Crippen LogP contribution in [0.15, 0.2) is 66.7 Å². The molecule has 11 heteroatoms. The lowest BCUT2D eigenvalue weighted by molar-refractivity contribution is -0.385. The summed E-state index contributed by atoms with van der Waals surface area (Å²) in [4.78, 5) is 45.4. The van der Waals surface area contributed by atoms with Crippen LogP contribution >= 0.6 is 0 Å². The van der Waals surface area contributed by atoms with Crippen LogP contribution in [0.5, 0.6) is 11.5 Å². The fourth-order valence-electron chi connectivity index (χ4n) is 4.68. The topological polar surface area (TPSA) is 111 Å². The summed E-state index contributed by atoms with van der Waals surface area (Å²) in [6, 6.07) is 15.2. The molecule has 3 aromatic rings. The molecule has 3 atom stereocenters. The molecule has 0 spiro atoms. The van der Waals surface area contributed by atoms with Gasteiger partial charge in [0, 0.05) is 0 Å². The van der Waals surface area contributed by atoms with Crippen LogP contribution in [0.3, 0.4) is 0 Å². The monoisotopic (exact) mass is 493 g/mol. The maximum absolute atomic E-state index is 13.9. The first-order valence-corrected chi connectivity index (χ1v) is 10.9. The first-order valence-electron chi connectivity index (χ1n) is 10.9. The van der Waals surface area contributed by atoms with Crippen molar-refractivity contribution in [2.24, 2.45) is 5.92 Å². The molecular formula is C25H20FN3O7. The van der Waals surface area contributed by atoms with Crippen LogP contribution in [0.1, 0.15) is 11.6 Å². The number of nitrogens with zero attached hydrogens (tertiary/aromatic N) is 3. The molecule has 0 bridgehead atoms. The number of carbonyl (C=O) groups excluding carboxylic acids is 2. The van der Waals surface area contributed by atoms with E-state index in [1.807, 2.05) is 0 Å². The number of nitro benzene ring substituents is 1. The fraction of sp³-hybridized carbons (Fsp3) is 0.200. The van der Waals surface area contributed by atoms with Gasteiger partial charge < -0.3 is 9.47 Å². The number of amides is 2. The summed E-state index contributed by atoms with van der Waals surface area (Å²) in [5.74, 6) is -2.80. The van der Waals surface area contributed by atoms with Crippen LogP contribution in [0.25, 0.3) is 0 Å². The normalized spacial score (nSPS) is 21.0. The first kappa shape index (κ1) is 23.2. The van der Waals surface area contributed by atoms with Crippen molar-refractivity contribution < 1.29 is 33.2 Å². The average molecular weight is 493 g/mol. The van der Waals surface area contributed by atoms with Crippen molar-refractivity contribution in [3.05, 3.63) is 88.2 Å². The van der Waals surface area contributed by atoms with Gasteiger partial charge in [0.05, 0.1) is 42.1 Å². The van der Waals surface area contributed by atoms with E-state index in [-0.39, 0.29) is 28.4 Å². The Bertz CT molecular complexity index is 1370. The van der Waals surface area contributed by atoms with Gasteiger partial charge in [0.15, 0.2) is 17.6 Å². The molecule has 36 heavy (non-hydrogen) atoms. The fourth-order valence-corrected chi connectivity index (χ4v) is 4.68. The summed E-state index contributed by atoms with van der Waals surface area (Å²) >= 11 is 0. The molecule has 0 aliphatic carbocycles. The standard InChI is InChI=1S/C25H20FN3O7/c1-34-19-12-17(18(29(32)33)13-20(19)35-2)22-21-23(36-28(22)15-8-4-3-5-9-15)25(31)27(24(21)30)16-10-6-7-14(26)11-16/h3-13,21-23H,1-2H3/t21-,22+,23-/m1/s1. The lowest BCUT2D eigenvalue weighted by atomic mass is 9.89. The van der Waals surface area contributed by atoms with Gasteiger partial charge in [-0.15, -0.1) is 0 Å². The van der Waals surface area contributed by atoms with E-state index in [4.69, 9.17) is 14.3 Å². The highest BCUT2D eigenvalue weighted by Crippen LogP contribution is 2.51. The predicted octanol–water partition coefficient (Wildman–Crippen LogP) is 3.80. The Hall–Kier alpha value is -4.51. The second-order valence-electron chi connectivity index (χ2n) is 8.17. The van der Waals surface area contributed by atoms with Gasteiger partial charge in [-0.3, -0.25) is 24.5 Å². The highest BCUT2D eigenvalue weighted by molar-refractivity contribution is 6.24. The van der Waals surface area contributed by atoms with E-state index in [1.165, 1.54) is 49.6 Å². The summed E-state index contributed by atoms with van der Waals surface area (Å²) in [5, 5.41) is 13.4. The zero-order valence-corrected chi connectivity index (χ0v) is 19.2. The molecular weight excluding hydrogens is 473 g/mol. The number of hydrogen-bond acceptors (Lipinski definition) is 8. The van der Waals surface area contributed by atoms with Gasteiger partial charge in [-0.25, -0.2) is 14.4 Å². The Kier molecular flexibility index (Phi) is 5.77. The van der Waals surface area contributed by atoms with E-state index >= 15 is 0 Å². The molecule has 2 fully saturated rings. The minimum Gasteiger partial charge on any atom is -0.493 e. The third kappa shape index (κ3) is 3.60. The Balaban J connectivity index is 1.69. The summed E-state index contributed by atoms with van der Waals surface area (Å²) < 4.78 is 24.5. The highest BCUT2D eigenvalue weighted by Gasteiger charge is 2.61. The Morgan fingerprint density at radius 3 is 2.22 bits per heavy atom. The molecule has 2 aliphatic heterocycles. The third-order valence-electron chi connectivity index (χ3n) is 6.24. The van der Waals surface area contributed by atoms with Crippen LogP contribution in [-0.2, 0) is 14.4 Å². The average Bonchev–Trinajstić information content (AvgIpc) is 3.39. The zero-order valence-electron chi connectivity index (χ0n) is 19.2. The molecule has 0 saturated carbocycles. The van der Waals surface area contributed by atoms with E-state index < -0.39 is 40.6 Å². The van der Waals surface area contributed by atoms with Crippen LogP contribution in [0.2, 0.25) is 0 Å². The summed E-state index contributed by atoms with van der Waals surface area (Å²) in [6.45, 7) is 0. The van der Waals surface area contributed by atoms with Crippen molar-refractivity contribution in [1.82, 2.24) is 0 Å². The number of carbonyl (C=O) groups is 2. The van der Waals surface area contributed by atoms with Crippen molar-refractivity contribution in [3.8, 4) is 11.5 Å². The molecule has 10 nitrogen and oxygen atoms in total. The number of nitro groups is 1. The Labute approximate surface area is 204 Å². The Morgan fingerprint density at radius 2 is 1.58 bits per heavy atom. The number of para-hydroxylation sites is 1. The molecule has 3 aromatic carbocycles. The van der Waals surface area contributed by atoms with Gasteiger partial charge >= 0.3 is 0 Å². The highest BCUT2D eigenvalue weighted by atomic mass is 19.1. The molecule has 5 rings (SSSR count). The molecule has 2 heterocycles. The minimum absolute atomic E-state index is 0.0508. The van der Waals surface area contributed by atoms with Gasteiger partial charge in [-0.05, 0) is 36.4 Å². The lowest BCUT2D eigenvalue weighted by Crippen LogP contribution is -2.37. The molecule has 184 valence electrons. The summed E-state index contributed by atoms with van der Waals surface area (Å²) in [5.41, 5.74) is 0.289. The van der Waals surface area contributed by atoms with E-state index in [0.29, 0.717) is 5.69 Å². The van der Waals surface area contributed by atoms with E-state index in [9.17, 15) is 24.1 Å². The smallest absolute Gasteiger partial charge is 0.278 e. The second-order valence-corrected chi connectivity index (χ2v) is 8.17. The molecule has 2 amide bonds. The summed E-state index contributed by atoms with van der Waals surface area (Å²) in [7, 11) is 2.73. The van der Waals surface area contributed by atoms with Crippen LogP contribution in [-0.4, -0.2) is 37.1 Å². The van der Waals surface area contributed by atoms with Crippen LogP contribution < -0.4 is 19.4 Å². The van der Waals surface area contributed by atoms with Crippen molar-refractivity contribution in [3.63, 3.8) is 0 Å². The van der Waals surface area contributed by atoms with Gasteiger partial charge in [-0.1, -0.05) is 24.3 Å². The number of halogens is 1. The number of fused-ring (bicyclic) bond motifs is 1. The maximum Gasteiger partial charge on any atom is 0.278 e. The van der Waals surface area contributed by atoms with Crippen LogP contribution in [0.4, 0.5) is 21.5 Å². The van der Waals surface area contributed by atoms with Crippen molar-refractivity contribution in [2.45, 2.75) is 12.1 Å². The number of benzene rings is 3. The number of anilines is 2. The van der Waals surface area contributed by atoms with Gasteiger partial charge in [0.2, 0.25) is 5.91 Å². The quantitative estimate of drug-likeness (QED) is 0.290. The number of rotatable bonds is 6. The zero-order chi connectivity index (χ0) is 25.6. The number of ether oxygens (including phenoxy) is 2. The first-order chi connectivity index (χ1) is 17.3. The SMILES string of the molecule is COc1cc([C@H]2[C@H]3C(=O)N(c4cccc(F)c4)C(=O)[C@@H]3ON2c2ccccc2)c([N+](=O)[O-])cc1OC. The molecule has 0 unspecified atom stereocenters. The van der Waals surface area contributed by atoms with Crippen LogP contribution in [0, 0.1) is 21.8 Å². The summed E-state index contributed by atoms with van der Waals surface area (Å²) in [6.07, 6.45) is -1.28. The maximum atomic E-state index is 13.9. The molecule has 0 radical (unpaired) electrons. The molecule has 0 aromatic heterocycles. The molecule has 2 aliphatic rings. The third-order valence-corrected chi connectivity index (χ3v) is 6.24. The van der Waals surface area contributed by atoms with Gasteiger partial charge in [-0.2, -0.15) is 0 Å². The van der Waals surface area contributed by atoms with E-state index in [1.54, 1.807) is 30.3 Å². The van der Waals surface area contributed by atoms with Crippen molar-refractivity contribution in [1.29, 1.82) is 0 Å². The second kappa shape index (κ2) is 8.93. The van der Waals surface area contributed by atoms with E-state index in [0.717, 1.165) is 11.0 Å². The van der Waals surface area contributed by atoms with Crippen molar-refractivity contribution in [2.75, 3.05) is 24.2 Å². The number of hydroxylamine groups is 1. The Morgan fingerprint density at radius 1 is 0.917 bits per heavy atom. The number of hydrogen-bond donors (Lipinski definition) is 0. The minimum atomic E-state index is -1.28. The van der Waals surface area contributed by atoms with Gasteiger partial charge in [0.1, 0.15) is 17.8 Å². The number of imide groups is 1. The van der Waals surface area contributed by atoms with Crippen molar-refractivity contribution >= 4 is 28.9 Å². The number of methoxy groups -OCH3 is 2. The molecule has 2 saturated heterocycles. The van der Waals surface area contributed by atoms with E-state index in [2.05, 4.69) is 0 Å². The molecule has 0 N–H and O–H groups in total. The lowest BCUT2D eigenvalue weighted by Gasteiger charge is -2.29. The predicted molar refractivity (Wildman–Crippen MR) is 125 cm³/mol. The van der Waals surface area contributed by atoms with Gasteiger partial charge in [0.25, 0.3) is 11.6 Å².